The predicted octanol–water partition coefficient (Wildman–Crippen LogP) is 4.96. The fourth-order valence-corrected chi connectivity index (χ4v) is 6.92. The lowest BCUT2D eigenvalue weighted by Crippen LogP contribution is -2.49. The minimum absolute atomic E-state index is 0.0691. The summed E-state index contributed by atoms with van der Waals surface area (Å²) in [6.45, 7) is 13.4. The molecule has 12 atom stereocenters. The fourth-order valence-electron chi connectivity index (χ4n) is 6.92. The first-order valence-corrected chi connectivity index (χ1v) is 16.6. The Kier molecular flexibility index (Phi) is 16.6. The lowest BCUT2D eigenvalue weighted by atomic mass is 9.82. The molecule has 45 heavy (non-hydrogen) atoms. The van der Waals surface area contributed by atoms with Crippen LogP contribution in [-0.4, -0.2) is 91.1 Å². The van der Waals surface area contributed by atoms with E-state index in [1.54, 1.807) is 34.3 Å². The van der Waals surface area contributed by atoms with Gasteiger partial charge in [0.05, 0.1) is 42.5 Å². The van der Waals surface area contributed by atoms with E-state index in [0.717, 1.165) is 24.0 Å². The average Bonchev–Trinajstić information content (AvgIpc) is 3.00. The summed E-state index contributed by atoms with van der Waals surface area (Å²) in [5.74, 6) is -1.15. The second-order valence-corrected chi connectivity index (χ2v) is 13.6. The molecule has 1 heterocycles. The summed E-state index contributed by atoms with van der Waals surface area (Å²) in [5, 5.41) is 32.1. The van der Waals surface area contributed by atoms with Crippen molar-refractivity contribution in [3.8, 4) is 0 Å². The second-order valence-electron chi connectivity index (χ2n) is 13.6. The quantitative estimate of drug-likeness (QED) is 0.141. The topological polar surface area (TPSA) is 132 Å². The summed E-state index contributed by atoms with van der Waals surface area (Å²) in [6, 6.07) is 0. The maximum absolute atomic E-state index is 13.4. The molecule has 0 spiro atoms. The van der Waals surface area contributed by atoms with Gasteiger partial charge in [-0.1, -0.05) is 44.6 Å². The molecule has 1 saturated carbocycles. The Morgan fingerprint density at radius 3 is 2.33 bits per heavy atom. The van der Waals surface area contributed by atoms with Gasteiger partial charge in [0.2, 0.25) is 0 Å². The number of methoxy groups -OCH3 is 3. The second kappa shape index (κ2) is 19.1. The number of Topliss-reactive ketones (excluding diaryl/α,β-unsaturated/α-hetero) is 1. The van der Waals surface area contributed by atoms with Crippen molar-refractivity contribution in [2.75, 3.05) is 21.3 Å². The van der Waals surface area contributed by atoms with Crippen LogP contribution in [0.3, 0.4) is 0 Å². The van der Waals surface area contributed by atoms with Crippen molar-refractivity contribution >= 4 is 11.8 Å². The van der Waals surface area contributed by atoms with Crippen LogP contribution in [0.25, 0.3) is 0 Å². The number of esters is 1. The molecule has 0 aromatic heterocycles. The highest BCUT2D eigenvalue weighted by molar-refractivity contribution is 5.83. The smallest absolute Gasteiger partial charge is 0.309 e. The molecule has 1 aliphatic heterocycles. The number of hydrogen-bond acceptors (Lipinski definition) is 9. The molecule has 3 N–H and O–H groups in total. The molecule has 0 bridgehead atoms. The molecule has 0 amide bonds. The van der Waals surface area contributed by atoms with Crippen molar-refractivity contribution in [3.05, 3.63) is 36.0 Å². The zero-order valence-electron chi connectivity index (χ0n) is 28.8. The van der Waals surface area contributed by atoms with Crippen LogP contribution >= 0.6 is 0 Å². The minimum Gasteiger partial charge on any atom is -0.457 e. The van der Waals surface area contributed by atoms with Crippen molar-refractivity contribution in [2.24, 2.45) is 29.6 Å². The van der Waals surface area contributed by atoms with Crippen LogP contribution in [0.15, 0.2) is 36.0 Å². The van der Waals surface area contributed by atoms with Crippen molar-refractivity contribution in [1.29, 1.82) is 0 Å². The Hall–Kier alpha value is -1.88. The molecule has 9 nitrogen and oxygen atoms in total. The first kappa shape index (κ1) is 39.3. The van der Waals surface area contributed by atoms with E-state index >= 15 is 0 Å². The number of ether oxygens (including phenoxy) is 4. The van der Waals surface area contributed by atoms with Crippen LogP contribution in [-0.2, 0) is 28.5 Å². The van der Waals surface area contributed by atoms with E-state index in [-0.39, 0.29) is 54.2 Å². The van der Waals surface area contributed by atoms with E-state index in [4.69, 9.17) is 18.9 Å². The van der Waals surface area contributed by atoms with Crippen LogP contribution in [0.2, 0.25) is 0 Å². The van der Waals surface area contributed by atoms with Gasteiger partial charge in [0, 0.05) is 39.6 Å². The van der Waals surface area contributed by atoms with Gasteiger partial charge in [-0.2, -0.15) is 0 Å². The molecule has 1 aliphatic carbocycles. The van der Waals surface area contributed by atoms with Crippen molar-refractivity contribution in [3.63, 3.8) is 0 Å². The molecule has 2 aliphatic rings. The largest absolute Gasteiger partial charge is 0.457 e. The van der Waals surface area contributed by atoms with E-state index in [0.29, 0.717) is 32.1 Å². The monoisotopic (exact) mass is 636 g/mol. The minimum atomic E-state index is -1.01. The number of aliphatic hydroxyl groups is 3. The van der Waals surface area contributed by atoms with Crippen LogP contribution in [0, 0.1) is 29.6 Å². The first-order valence-electron chi connectivity index (χ1n) is 16.6. The van der Waals surface area contributed by atoms with Crippen molar-refractivity contribution in [2.45, 2.75) is 129 Å². The summed E-state index contributed by atoms with van der Waals surface area (Å²) in [4.78, 5) is 25.6. The number of aliphatic hydroxyl groups excluding tert-OH is 3. The molecule has 2 rings (SSSR count). The highest BCUT2D eigenvalue weighted by Crippen LogP contribution is 2.32. The number of carbonyl (C=O) groups excluding carboxylic acids is 2. The third-order valence-electron chi connectivity index (χ3n) is 9.78. The zero-order valence-corrected chi connectivity index (χ0v) is 28.8. The Morgan fingerprint density at radius 1 is 1.07 bits per heavy atom. The van der Waals surface area contributed by atoms with Gasteiger partial charge in [0.25, 0.3) is 0 Å². The van der Waals surface area contributed by atoms with E-state index in [1.165, 1.54) is 0 Å². The molecule has 258 valence electrons. The van der Waals surface area contributed by atoms with E-state index in [9.17, 15) is 24.9 Å². The summed E-state index contributed by atoms with van der Waals surface area (Å²) in [5.41, 5.74) is 1.80. The molecule has 2 fully saturated rings. The number of hydrogen-bond donors (Lipinski definition) is 3. The molecule has 0 aromatic rings. The van der Waals surface area contributed by atoms with Crippen LogP contribution in [0.4, 0.5) is 0 Å². The Labute approximate surface area is 271 Å². The summed E-state index contributed by atoms with van der Waals surface area (Å²) in [7, 11) is 4.84. The maximum Gasteiger partial charge on any atom is 0.309 e. The highest BCUT2D eigenvalue weighted by atomic mass is 16.6. The Morgan fingerprint density at radius 2 is 1.73 bits per heavy atom. The van der Waals surface area contributed by atoms with Crippen LogP contribution in [0.5, 0.6) is 0 Å². The molecule has 1 saturated heterocycles. The van der Waals surface area contributed by atoms with E-state index in [2.05, 4.69) is 13.5 Å². The maximum atomic E-state index is 13.4. The molecule has 0 radical (unpaired) electrons. The van der Waals surface area contributed by atoms with Crippen LogP contribution < -0.4 is 0 Å². The number of rotatable bonds is 18. The molecular weight excluding hydrogens is 576 g/mol. The normalized spacial score (nSPS) is 30.5. The SMILES string of the molecule is C=CCC(C=C(C)CC(C)CC(OC)C1OC(=O)C(C)CC1OC)C(=O)CC(O)C(C)C(O)C(C)=CC1CCC(O)C(OC)C1. The third-order valence-corrected chi connectivity index (χ3v) is 9.78. The number of cyclic esters (lactones) is 1. The fraction of sp³-hybridized carbons (Fsp3) is 0.778. The van der Waals surface area contributed by atoms with Gasteiger partial charge < -0.3 is 34.3 Å². The molecule has 0 aromatic carbocycles. The van der Waals surface area contributed by atoms with E-state index in [1.807, 2.05) is 32.9 Å². The molecule has 9 heteroatoms. The van der Waals surface area contributed by atoms with Gasteiger partial charge in [-0.3, -0.25) is 9.59 Å². The Bertz CT molecular complexity index is 1010. The van der Waals surface area contributed by atoms with Crippen molar-refractivity contribution in [1.82, 2.24) is 0 Å². The third kappa shape index (κ3) is 11.7. The number of carbonyl (C=O) groups is 2. The number of allylic oxidation sites excluding steroid dienone is 4. The number of ketones is 1. The van der Waals surface area contributed by atoms with Gasteiger partial charge >= 0.3 is 5.97 Å². The molecule has 12 unspecified atom stereocenters. The average molecular weight is 637 g/mol. The summed E-state index contributed by atoms with van der Waals surface area (Å²) >= 11 is 0. The summed E-state index contributed by atoms with van der Waals surface area (Å²) in [6.07, 6.45) is 6.57. The lowest BCUT2D eigenvalue weighted by Gasteiger charge is -2.38. The Balaban J connectivity index is 1.99. The summed E-state index contributed by atoms with van der Waals surface area (Å²) < 4.78 is 22.5. The zero-order chi connectivity index (χ0) is 33.8. The first-order chi connectivity index (χ1) is 21.3. The standard InChI is InChI=1S/C36H60O9/c1-10-11-27(15-21(2)14-22(3)16-32(43-8)35-33(44-9)18-24(5)36(41)45-35)30(39)20-29(38)25(6)34(40)23(4)17-26-12-13-28(37)31(19-26)42-7/h10,15,17,22,24-29,31-35,37-38,40H,1,11-14,16,18-20H2,2-9H3. The highest BCUT2D eigenvalue weighted by Gasteiger charge is 2.41. The van der Waals surface area contributed by atoms with Crippen molar-refractivity contribution < 1.29 is 43.9 Å². The van der Waals surface area contributed by atoms with E-state index < -0.39 is 36.3 Å². The van der Waals surface area contributed by atoms with Gasteiger partial charge in [-0.25, -0.2) is 0 Å². The van der Waals surface area contributed by atoms with Gasteiger partial charge in [-0.15, -0.1) is 6.58 Å². The van der Waals surface area contributed by atoms with Gasteiger partial charge in [-0.05, 0) is 76.2 Å². The van der Waals surface area contributed by atoms with Gasteiger partial charge in [0.1, 0.15) is 5.78 Å². The van der Waals surface area contributed by atoms with Crippen LogP contribution in [0.1, 0.15) is 86.0 Å². The predicted molar refractivity (Wildman–Crippen MR) is 174 cm³/mol. The van der Waals surface area contributed by atoms with Gasteiger partial charge in [0.15, 0.2) is 6.10 Å². The lowest BCUT2D eigenvalue weighted by molar-refractivity contribution is -0.189. The molecular formula is C36H60O9.